The van der Waals surface area contributed by atoms with Gasteiger partial charge < -0.3 is 16.0 Å². The molecule has 0 bridgehead atoms. The Kier molecular flexibility index (Phi) is 5.25. The van der Waals surface area contributed by atoms with E-state index in [2.05, 4.69) is 21.0 Å². The lowest BCUT2D eigenvalue weighted by Crippen LogP contribution is -2.28. The maximum Gasteiger partial charge on any atom is 0.350 e. The third-order valence-corrected chi connectivity index (χ3v) is 4.24. The summed E-state index contributed by atoms with van der Waals surface area (Å²) in [4.78, 5) is 36.5. The number of hydrogen-bond donors (Lipinski definition) is 3. The molecule has 0 saturated carbocycles. The second-order valence-electron chi connectivity index (χ2n) is 6.44. The Morgan fingerprint density at radius 1 is 0.767 bits per heavy atom. The first kappa shape index (κ1) is 18.9. The van der Waals surface area contributed by atoms with Gasteiger partial charge in [0, 0.05) is 23.3 Å². The lowest BCUT2D eigenvalue weighted by Gasteiger charge is -2.09. The molecule has 2 heterocycles. The van der Waals surface area contributed by atoms with Crippen LogP contribution in [0.3, 0.4) is 0 Å². The van der Waals surface area contributed by atoms with Crippen molar-refractivity contribution in [3.63, 3.8) is 0 Å². The molecule has 0 spiro atoms. The van der Waals surface area contributed by atoms with Crippen LogP contribution in [0.15, 0.2) is 83.8 Å². The molecule has 30 heavy (non-hydrogen) atoms. The molecule has 0 atom stereocenters. The molecule has 9 heteroatoms. The van der Waals surface area contributed by atoms with Crippen molar-refractivity contribution in [2.75, 3.05) is 16.0 Å². The topological polar surface area (TPSA) is 110 Å². The number of nitrogens with one attached hydrogen (secondary N) is 3. The first-order valence-electron chi connectivity index (χ1n) is 9.16. The molecule has 0 fully saturated rings. The van der Waals surface area contributed by atoms with Crippen LogP contribution in [-0.2, 0) is 11.3 Å². The normalized spacial score (nSPS) is 10.5. The van der Waals surface area contributed by atoms with Gasteiger partial charge in [-0.05, 0) is 48.5 Å². The predicted octanol–water partition coefficient (Wildman–Crippen LogP) is 2.78. The number of amides is 3. The summed E-state index contributed by atoms with van der Waals surface area (Å²) in [6.07, 6.45) is 1.60. The van der Waals surface area contributed by atoms with E-state index in [4.69, 9.17) is 0 Å². The number of nitrogens with zero attached hydrogens (tertiary/aromatic N) is 3. The number of anilines is 3. The highest BCUT2D eigenvalue weighted by atomic mass is 16.2. The number of aromatic nitrogens is 3. The second-order valence-corrected chi connectivity index (χ2v) is 6.44. The van der Waals surface area contributed by atoms with Gasteiger partial charge in [-0.2, -0.15) is 0 Å². The number of fused-ring (bicyclic) bond motifs is 1. The predicted molar refractivity (Wildman–Crippen MR) is 114 cm³/mol. The van der Waals surface area contributed by atoms with Gasteiger partial charge >= 0.3 is 11.7 Å². The molecule has 2 aromatic heterocycles. The van der Waals surface area contributed by atoms with E-state index in [1.165, 1.54) is 4.40 Å². The number of urea groups is 1. The lowest BCUT2D eigenvalue weighted by atomic mass is 10.2. The van der Waals surface area contributed by atoms with Crippen molar-refractivity contribution in [1.29, 1.82) is 0 Å². The fourth-order valence-corrected chi connectivity index (χ4v) is 2.86. The molecule has 0 saturated heterocycles. The van der Waals surface area contributed by atoms with Crippen molar-refractivity contribution >= 4 is 34.6 Å². The van der Waals surface area contributed by atoms with Gasteiger partial charge in [0.05, 0.1) is 0 Å². The van der Waals surface area contributed by atoms with Crippen LogP contribution in [0.2, 0.25) is 0 Å². The molecule has 0 unspecified atom stereocenters. The molecule has 0 aliphatic rings. The van der Waals surface area contributed by atoms with Crippen LogP contribution in [0.1, 0.15) is 0 Å². The van der Waals surface area contributed by atoms with Gasteiger partial charge in [0.15, 0.2) is 5.65 Å². The number of rotatable bonds is 5. The Hall–Kier alpha value is -4.40. The zero-order valence-electron chi connectivity index (χ0n) is 15.8. The Morgan fingerprint density at radius 3 is 2.03 bits per heavy atom. The van der Waals surface area contributed by atoms with E-state index in [0.717, 1.165) is 4.68 Å². The monoisotopic (exact) mass is 402 g/mol. The van der Waals surface area contributed by atoms with E-state index in [0.29, 0.717) is 22.7 Å². The molecule has 4 aromatic rings. The number of hydrogen-bond acceptors (Lipinski definition) is 4. The average molecular weight is 402 g/mol. The molecule has 2 aromatic carbocycles. The van der Waals surface area contributed by atoms with E-state index in [1.807, 2.05) is 18.2 Å². The number of benzene rings is 2. The molecule has 0 aliphatic carbocycles. The second kappa shape index (κ2) is 8.31. The minimum atomic E-state index is -0.386. The standard InChI is InChI=1S/C21H18N6O3/c28-19(14-27-21(30)26-13-5-4-8-18(26)25-27)22-16-9-11-17(12-10-16)24-20(29)23-15-6-2-1-3-7-15/h1-13H,14H2,(H,22,28)(H2,23,24,29). The summed E-state index contributed by atoms with van der Waals surface area (Å²) in [5.41, 5.74) is 1.87. The van der Waals surface area contributed by atoms with Gasteiger partial charge in [-0.15, -0.1) is 5.10 Å². The average Bonchev–Trinajstić information content (AvgIpc) is 3.05. The Bertz CT molecular complexity index is 1250. The van der Waals surface area contributed by atoms with E-state index < -0.39 is 0 Å². The number of para-hydroxylation sites is 1. The van der Waals surface area contributed by atoms with Crippen LogP contribution in [-0.4, -0.2) is 26.1 Å². The quantitative estimate of drug-likeness (QED) is 0.477. The van der Waals surface area contributed by atoms with Crippen molar-refractivity contribution in [1.82, 2.24) is 14.2 Å². The fraction of sp³-hybridized carbons (Fsp3) is 0.0476. The van der Waals surface area contributed by atoms with Crippen molar-refractivity contribution in [2.45, 2.75) is 6.54 Å². The van der Waals surface area contributed by atoms with Gasteiger partial charge in [-0.25, -0.2) is 14.3 Å². The zero-order valence-corrected chi connectivity index (χ0v) is 15.8. The molecule has 0 aliphatic heterocycles. The smallest absolute Gasteiger partial charge is 0.324 e. The van der Waals surface area contributed by atoms with Gasteiger partial charge in [0.2, 0.25) is 5.91 Å². The maximum atomic E-state index is 12.3. The molecule has 9 nitrogen and oxygen atoms in total. The van der Waals surface area contributed by atoms with E-state index in [-0.39, 0.29) is 24.2 Å². The van der Waals surface area contributed by atoms with Crippen molar-refractivity contribution in [2.24, 2.45) is 0 Å². The van der Waals surface area contributed by atoms with E-state index in [1.54, 1.807) is 60.8 Å². The van der Waals surface area contributed by atoms with Crippen LogP contribution < -0.4 is 21.6 Å². The zero-order chi connectivity index (χ0) is 20.9. The van der Waals surface area contributed by atoms with Crippen molar-refractivity contribution in [3.8, 4) is 0 Å². The molecular formula is C21H18N6O3. The molecule has 150 valence electrons. The summed E-state index contributed by atoms with van der Waals surface area (Å²) in [5, 5.41) is 12.3. The van der Waals surface area contributed by atoms with Crippen molar-refractivity contribution < 1.29 is 9.59 Å². The maximum absolute atomic E-state index is 12.3. The van der Waals surface area contributed by atoms with Crippen LogP contribution >= 0.6 is 0 Å². The number of carbonyl (C=O) groups is 2. The number of pyridine rings is 1. The summed E-state index contributed by atoms with van der Waals surface area (Å²) in [7, 11) is 0. The molecular weight excluding hydrogens is 384 g/mol. The van der Waals surface area contributed by atoms with Crippen LogP contribution in [0.4, 0.5) is 21.9 Å². The molecule has 4 rings (SSSR count). The summed E-state index contributed by atoms with van der Waals surface area (Å²) >= 11 is 0. The third kappa shape index (κ3) is 4.36. The number of carbonyl (C=O) groups excluding carboxylic acids is 2. The first-order chi connectivity index (χ1) is 14.6. The van der Waals surface area contributed by atoms with Crippen LogP contribution in [0, 0.1) is 0 Å². The third-order valence-electron chi connectivity index (χ3n) is 4.24. The SMILES string of the molecule is O=C(Cn1nc2ccccn2c1=O)Nc1ccc(NC(=O)Nc2ccccc2)cc1. The molecule has 3 amide bonds. The Labute approximate surface area is 171 Å². The van der Waals surface area contributed by atoms with Crippen LogP contribution in [0.25, 0.3) is 5.65 Å². The highest BCUT2D eigenvalue weighted by Crippen LogP contribution is 2.14. The molecule has 0 radical (unpaired) electrons. The highest BCUT2D eigenvalue weighted by Gasteiger charge is 2.11. The minimum absolute atomic E-state index is 0.208. The largest absolute Gasteiger partial charge is 0.350 e. The van der Waals surface area contributed by atoms with E-state index in [9.17, 15) is 14.4 Å². The summed E-state index contributed by atoms with van der Waals surface area (Å²) < 4.78 is 2.47. The summed E-state index contributed by atoms with van der Waals surface area (Å²) in [6, 6.07) is 20.5. The Morgan fingerprint density at radius 2 is 1.37 bits per heavy atom. The van der Waals surface area contributed by atoms with E-state index >= 15 is 0 Å². The van der Waals surface area contributed by atoms with Gasteiger partial charge in [-0.3, -0.25) is 9.20 Å². The molecule has 3 N–H and O–H groups in total. The van der Waals surface area contributed by atoms with Gasteiger partial charge in [-0.1, -0.05) is 24.3 Å². The van der Waals surface area contributed by atoms with Gasteiger partial charge in [0.25, 0.3) is 0 Å². The van der Waals surface area contributed by atoms with Crippen molar-refractivity contribution in [3.05, 3.63) is 89.5 Å². The summed E-state index contributed by atoms with van der Waals surface area (Å²) in [5.74, 6) is -0.386. The van der Waals surface area contributed by atoms with Crippen LogP contribution in [0.5, 0.6) is 0 Å². The highest BCUT2D eigenvalue weighted by molar-refractivity contribution is 6.00. The first-order valence-corrected chi connectivity index (χ1v) is 9.16. The summed E-state index contributed by atoms with van der Waals surface area (Å²) in [6.45, 7) is -0.208. The lowest BCUT2D eigenvalue weighted by molar-refractivity contribution is -0.117. The minimum Gasteiger partial charge on any atom is -0.324 e. The van der Waals surface area contributed by atoms with Gasteiger partial charge in [0.1, 0.15) is 6.54 Å². The Balaban J connectivity index is 1.34. The fourth-order valence-electron chi connectivity index (χ4n) is 2.86.